The second-order valence-electron chi connectivity index (χ2n) is 5.34. The third-order valence-electron chi connectivity index (χ3n) is 3.98. The van der Waals surface area contributed by atoms with Crippen molar-refractivity contribution in [3.8, 4) is 0 Å². The van der Waals surface area contributed by atoms with E-state index in [9.17, 15) is 4.79 Å². The van der Waals surface area contributed by atoms with Gasteiger partial charge in [0.2, 0.25) is 0 Å². The number of ether oxygens (including phenoxy) is 1. The topological polar surface area (TPSA) is 73.4 Å². The summed E-state index contributed by atoms with van der Waals surface area (Å²) in [6.45, 7) is 4.00. The molecule has 118 valence electrons. The fraction of sp³-hybridized carbons (Fsp3) is 0.714. The second kappa shape index (κ2) is 7.38. The van der Waals surface area contributed by atoms with Crippen LogP contribution in [0.1, 0.15) is 26.2 Å². The number of nitrogens with zero attached hydrogens (tertiary/aromatic N) is 3. The number of nitrogens with two attached hydrogens (primary N) is 1. The summed E-state index contributed by atoms with van der Waals surface area (Å²) in [5.41, 5.74) is 6.64. The predicted octanol–water partition coefficient (Wildman–Crippen LogP) is 1.36. The molecule has 2 rings (SSSR count). The summed E-state index contributed by atoms with van der Waals surface area (Å²) >= 11 is 3.44. The van der Waals surface area contributed by atoms with E-state index in [0.717, 1.165) is 31.5 Å². The maximum Gasteiger partial charge on any atom is 0.283 e. The van der Waals surface area contributed by atoms with Gasteiger partial charge in [0.05, 0.1) is 18.0 Å². The molecule has 1 aliphatic rings. The normalized spacial score (nSPS) is 22.6. The Kier molecular flexibility index (Phi) is 5.78. The fourth-order valence-corrected chi connectivity index (χ4v) is 3.33. The number of hydrogen-bond donors (Lipinski definition) is 1. The Hall–Kier alpha value is -0.920. The third kappa shape index (κ3) is 3.46. The molecule has 1 saturated heterocycles. The van der Waals surface area contributed by atoms with Crippen LogP contribution in [0.2, 0.25) is 0 Å². The molecule has 1 fully saturated rings. The molecule has 0 saturated carbocycles. The Morgan fingerprint density at radius 3 is 2.95 bits per heavy atom. The van der Waals surface area contributed by atoms with E-state index in [1.54, 1.807) is 13.3 Å². The summed E-state index contributed by atoms with van der Waals surface area (Å²) < 4.78 is 7.50. The maximum atomic E-state index is 12.3. The molecule has 0 spiro atoms. The van der Waals surface area contributed by atoms with E-state index < -0.39 is 0 Å². The predicted molar refractivity (Wildman–Crippen MR) is 86.7 cm³/mol. The first-order valence-electron chi connectivity index (χ1n) is 7.37. The minimum atomic E-state index is -0.0843. The number of halogens is 1. The average Bonchev–Trinajstić information content (AvgIpc) is 2.52. The first kappa shape index (κ1) is 16.5. The van der Waals surface area contributed by atoms with Gasteiger partial charge >= 0.3 is 0 Å². The molecule has 1 aromatic rings. The van der Waals surface area contributed by atoms with Gasteiger partial charge < -0.3 is 15.4 Å². The standard InChI is InChI=1S/C14H23BrN4O2/c1-3-5-19-14(20)13(15)12(9-17-19)18-6-4-11(21-2)7-10(18)8-16/h9-11H,3-8,16H2,1-2H3. The van der Waals surface area contributed by atoms with Gasteiger partial charge in [-0.1, -0.05) is 6.92 Å². The lowest BCUT2D eigenvalue weighted by Gasteiger charge is -2.40. The molecule has 0 radical (unpaired) electrons. The van der Waals surface area contributed by atoms with Gasteiger partial charge in [0.25, 0.3) is 5.56 Å². The van der Waals surface area contributed by atoms with Gasteiger partial charge in [-0.15, -0.1) is 0 Å². The van der Waals surface area contributed by atoms with Crippen LogP contribution < -0.4 is 16.2 Å². The van der Waals surface area contributed by atoms with Crippen LogP contribution in [0.15, 0.2) is 15.5 Å². The number of piperidine rings is 1. The number of hydrogen-bond acceptors (Lipinski definition) is 5. The van der Waals surface area contributed by atoms with E-state index in [0.29, 0.717) is 17.6 Å². The fourth-order valence-electron chi connectivity index (χ4n) is 2.80. The molecular formula is C14H23BrN4O2. The lowest BCUT2D eigenvalue weighted by atomic mass is 9.99. The summed E-state index contributed by atoms with van der Waals surface area (Å²) in [7, 11) is 1.73. The number of aromatic nitrogens is 2. The zero-order chi connectivity index (χ0) is 15.4. The number of rotatable bonds is 5. The van der Waals surface area contributed by atoms with Crippen molar-refractivity contribution in [3.05, 3.63) is 21.0 Å². The first-order chi connectivity index (χ1) is 10.1. The van der Waals surface area contributed by atoms with Gasteiger partial charge in [-0.05, 0) is 35.2 Å². The molecular weight excluding hydrogens is 336 g/mol. The highest BCUT2D eigenvalue weighted by molar-refractivity contribution is 9.10. The highest BCUT2D eigenvalue weighted by Crippen LogP contribution is 2.29. The molecule has 7 heteroatoms. The summed E-state index contributed by atoms with van der Waals surface area (Å²) in [5, 5.41) is 4.27. The van der Waals surface area contributed by atoms with Crippen molar-refractivity contribution >= 4 is 21.6 Å². The maximum absolute atomic E-state index is 12.3. The third-order valence-corrected chi connectivity index (χ3v) is 4.73. The van der Waals surface area contributed by atoms with Gasteiger partial charge in [-0.2, -0.15) is 5.10 Å². The zero-order valence-electron chi connectivity index (χ0n) is 12.6. The molecule has 2 heterocycles. The Morgan fingerprint density at radius 2 is 2.33 bits per heavy atom. The largest absolute Gasteiger partial charge is 0.381 e. The van der Waals surface area contributed by atoms with Crippen molar-refractivity contribution in [2.45, 2.75) is 44.9 Å². The quantitative estimate of drug-likeness (QED) is 0.859. The molecule has 0 amide bonds. The van der Waals surface area contributed by atoms with Crippen molar-refractivity contribution in [1.29, 1.82) is 0 Å². The van der Waals surface area contributed by atoms with E-state index in [-0.39, 0.29) is 17.7 Å². The molecule has 0 bridgehead atoms. The van der Waals surface area contributed by atoms with Crippen molar-refractivity contribution in [3.63, 3.8) is 0 Å². The number of methoxy groups -OCH3 is 1. The van der Waals surface area contributed by atoms with Crippen molar-refractivity contribution in [2.75, 3.05) is 25.1 Å². The van der Waals surface area contributed by atoms with Crippen molar-refractivity contribution in [2.24, 2.45) is 5.73 Å². The molecule has 1 aromatic heterocycles. The monoisotopic (exact) mass is 358 g/mol. The van der Waals surface area contributed by atoms with Crippen LogP contribution in [0.25, 0.3) is 0 Å². The SMILES string of the molecule is CCCn1ncc(N2CCC(OC)CC2CN)c(Br)c1=O. The van der Waals surface area contributed by atoms with Crippen LogP contribution in [0.5, 0.6) is 0 Å². The van der Waals surface area contributed by atoms with Crippen LogP contribution >= 0.6 is 15.9 Å². The molecule has 6 nitrogen and oxygen atoms in total. The molecule has 2 unspecified atom stereocenters. The summed E-state index contributed by atoms with van der Waals surface area (Å²) in [5.74, 6) is 0. The van der Waals surface area contributed by atoms with E-state index in [1.165, 1.54) is 4.68 Å². The van der Waals surface area contributed by atoms with Gasteiger partial charge in [0.15, 0.2) is 0 Å². The van der Waals surface area contributed by atoms with Gasteiger partial charge in [0.1, 0.15) is 4.47 Å². The lowest BCUT2D eigenvalue weighted by Crippen LogP contribution is -2.49. The Morgan fingerprint density at radius 1 is 1.57 bits per heavy atom. The van der Waals surface area contributed by atoms with Crippen LogP contribution in [-0.2, 0) is 11.3 Å². The van der Waals surface area contributed by atoms with Gasteiger partial charge in [-0.3, -0.25) is 4.79 Å². The summed E-state index contributed by atoms with van der Waals surface area (Å²) in [4.78, 5) is 14.5. The molecule has 0 aromatic carbocycles. The van der Waals surface area contributed by atoms with E-state index >= 15 is 0 Å². The first-order valence-corrected chi connectivity index (χ1v) is 8.16. The van der Waals surface area contributed by atoms with E-state index in [2.05, 4.69) is 25.9 Å². The van der Waals surface area contributed by atoms with Crippen LogP contribution in [0.3, 0.4) is 0 Å². The van der Waals surface area contributed by atoms with Crippen molar-refractivity contribution in [1.82, 2.24) is 9.78 Å². The highest BCUT2D eigenvalue weighted by Gasteiger charge is 2.29. The van der Waals surface area contributed by atoms with E-state index in [1.807, 2.05) is 6.92 Å². The summed E-state index contributed by atoms with van der Waals surface area (Å²) in [6.07, 6.45) is 4.68. The Balaban J connectivity index is 2.29. The van der Waals surface area contributed by atoms with Crippen LogP contribution in [0, 0.1) is 0 Å². The lowest BCUT2D eigenvalue weighted by molar-refractivity contribution is 0.0709. The van der Waals surface area contributed by atoms with Crippen LogP contribution in [0.4, 0.5) is 5.69 Å². The molecule has 21 heavy (non-hydrogen) atoms. The number of anilines is 1. The molecule has 0 aliphatic carbocycles. The van der Waals surface area contributed by atoms with E-state index in [4.69, 9.17) is 10.5 Å². The highest BCUT2D eigenvalue weighted by atomic mass is 79.9. The minimum absolute atomic E-state index is 0.0843. The minimum Gasteiger partial charge on any atom is -0.381 e. The van der Waals surface area contributed by atoms with Crippen molar-refractivity contribution < 1.29 is 4.74 Å². The molecule has 2 atom stereocenters. The van der Waals surface area contributed by atoms with Gasteiger partial charge in [-0.25, -0.2) is 4.68 Å². The zero-order valence-corrected chi connectivity index (χ0v) is 14.2. The Bertz CT molecular complexity index is 534. The second-order valence-corrected chi connectivity index (χ2v) is 6.13. The van der Waals surface area contributed by atoms with Gasteiger partial charge in [0, 0.05) is 32.8 Å². The Labute approximate surface area is 133 Å². The number of aryl methyl sites for hydroxylation is 1. The molecule has 2 N–H and O–H groups in total. The summed E-state index contributed by atoms with van der Waals surface area (Å²) in [6, 6.07) is 0.170. The average molecular weight is 359 g/mol. The smallest absolute Gasteiger partial charge is 0.283 e. The molecule has 1 aliphatic heterocycles. The van der Waals surface area contributed by atoms with Crippen LogP contribution in [-0.4, -0.2) is 42.1 Å².